The zero-order chi connectivity index (χ0) is 18.4. The maximum atomic E-state index is 12.7. The van der Waals surface area contributed by atoms with E-state index in [1.54, 1.807) is 4.90 Å². The first-order valence-corrected chi connectivity index (χ1v) is 9.41. The molecule has 2 saturated heterocycles. The summed E-state index contributed by atoms with van der Waals surface area (Å²) < 4.78 is 0. The number of piperidine rings is 1. The fourth-order valence-corrected chi connectivity index (χ4v) is 3.65. The number of nitrogens with zero attached hydrogens (tertiary/aromatic N) is 3. The van der Waals surface area contributed by atoms with Gasteiger partial charge in [-0.3, -0.25) is 14.4 Å². The van der Waals surface area contributed by atoms with E-state index >= 15 is 0 Å². The highest BCUT2D eigenvalue weighted by atomic mass is 16.2. The average Bonchev–Trinajstić information content (AvgIpc) is 2.98. The minimum Gasteiger partial charge on any atom is -0.343 e. The Balaban J connectivity index is 1.85. The summed E-state index contributed by atoms with van der Waals surface area (Å²) in [6, 6.07) is 0. The SMILES string of the molecule is C=C(C)CN(CC)C(=O)C1CCC(=O)N(CCCN2CCCC2=O)C1. The lowest BCUT2D eigenvalue weighted by Crippen LogP contribution is -2.48. The molecule has 6 heteroatoms. The Morgan fingerprint density at radius 1 is 1.20 bits per heavy atom. The second-order valence-corrected chi connectivity index (χ2v) is 7.22. The molecule has 1 unspecified atom stereocenters. The van der Waals surface area contributed by atoms with Crippen LogP contribution in [-0.4, -0.2) is 71.7 Å². The third kappa shape index (κ3) is 5.31. The van der Waals surface area contributed by atoms with Gasteiger partial charge in [0.2, 0.25) is 17.7 Å². The maximum Gasteiger partial charge on any atom is 0.227 e. The van der Waals surface area contributed by atoms with Crippen LogP contribution in [0.25, 0.3) is 0 Å². The molecular weight excluding hydrogens is 318 g/mol. The van der Waals surface area contributed by atoms with Gasteiger partial charge < -0.3 is 14.7 Å². The minimum atomic E-state index is -0.120. The standard InChI is InChI=1S/C19H31N3O3/c1-4-20(13-15(2)3)19(25)16-8-9-18(24)22(14-16)12-6-11-21-10-5-7-17(21)23/h16H,2,4-14H2,1,3H3. The van der Waals surface area contributed by atoms with Crippen LogP contribution >= 0.6 is 0 Å². The third-order valence-electron chi connectivity index (χ3n) is 5.03. The van der Waals surface area contributed by atoms with Crippen molar-refractivity contribution in [2.75, 3.05) is 39.3 Å². The molecule has 2 fully saturated rings. The van der Waals surface area contributed by atoms with Crippen molar-refractivity contribution in [3.8, 4) is 0 Å². The van der Waals surface area contributed by atoms with Crippen LogP contribution in [0.15, 0.2) is 12.2 Å². The predicted octanol–water partition coefficient (Wildman–Crippen LogP) is 1.66. The number of hydrogen-bond donors (Lipinski definition) is 0. The number of hydrogen-bond acceptors (Lipinski definition) is 3. The van der Waals surface area contributed by atoms with E-state index in [9.17, 15) is 14.4 Å². The van der Waals surface area contributed by atoms with Crippen LogP contribution < -0.4 is 0 Å². The quantitative estimate of drug-likeness (QED) is 0.626. The van der Waals surface area contributed by atoms with Crippen LogP contribution in [-0.2, 0) is 14.4 Å². The summed E-state index contributed by atoms with van der Waals surface area (Å²) in [7, 11) is 0. The number of likely N-dealkylation sites (tertiary alicyclic amines) is 2. The molecule has 0 radical (unpaired) electrons. The molecule has 0 aromatic carbocycles. The Morgan fingerprint density at radius 2 is 1.88 bits per heavy atom. The van der Waals surface area contributed by atoms with Gasteiger partial charge >= 0.3 is 0 Å². The fraction of sp³-hybridized carbons (Fsp3) is 0.737. The van der Waals surface area contributed by atoms with Crippen LogP contribution in [0.2, 0.25) is 0 Å². The summed E-state index contributed by atoms with van der Waals surface area (Å²) in [4.78, 5) is 42.1. The van der Waals surface area contributed by atoms with Gasteiger partial charge in [-0.1, -0.05) is 12.2 Å². The molecule has 0 bridgehead atoms. The van der Waals surface area contributed by atoms with Crippen molar-refractivity contribution in [2.45, 2.75) is 46.0 Å². The van der Waals surface area contributed by atoms with Crippen molar-refractivity contribution in [2.24, 2.45) is 5.92 Å². The molecule has 2 rings (SSSR count). The van der Waals surface area contributed by atoms with E-state index in [-0.39, 0.29) is 23.6 Å². The van der Waals surface area contributed by atoms with E-state index in [1.165, 1.54) is 0 Å². The van der Waals surface area contributed by atoms with Crippen molar-refractivity contribution in [3.63, 3.8) is 0 Å². The van der Waals surface area contributed by atoms with E-state index in [0.29, 0.717) is 52.0 Å². The van der Waals surface area contributed by atoms with Gasteiger partial charge in [-0.15, -0.1) is 0 Å². The van der Waals surface area contributed by atoms with Gasteiger partial charge in [0.05, 0.1) is 5.92 Å². The van der Waals surface area contributed by atoms with E-state index in [2.05, 4.69) is 6.58 Å². The number of carbonyl (C=O) groups excluding carboxylic acids is 3. The summed E-state index contributed by atoms with van der Waals surface area (Å²) in [6.45, 7) is 11.7. The lowest BCUT2D eigenvalue weighted by Gasteiger charge is -2.35. The van der Waals surface area contributed by atoms with Crippen molar-refractivity contribution in [1.82, 2.24) is 14.7 Å². The first kappa shape index (κ1) is 19.5. The predicted molar refractivity (Wildman–Crippen MR) is 96.8 cm³/mol. The van der Waals surface area contributed by atoms with Crippen LogP contribution in [0.3, 0.4) is 0 Å². The van der Waals surface area contributed by atoms with Crippen molar-refractivity contribution in [1.29, 1.82) is 0 Å². The largest absolute Gasteiger partial charge is 0.343 e. The normalized spacial score (nSPS) is 21.0. The van der Waals surface area contributed by atoms with E-state index in [4.69, 9.17) is 0 Å². The van der Waals surface area contributed by atoms with Crippen molar-refractivity contribution < 1.29 is 14.4 Å². The lowest BCUT2D eigenvalue weighted by atomic mass is 9.95. The first-order valence-electron chi connectivity index (χ1n) is 9.41. The molecule has 25 heavy (non-hydrogen) atoms. The highest BCUT2D eigenvalue weighted by molar-refractivity contribution is 5.84. The molecule has 2 heterocycles. The molecule has 6 nitrogen and oxygen atoms in total. The minimum absolute atomic E-state index is 0.120. The molecule has 0 aliphatic carbocycles. The van der Waals surface area contributed by atoms with Crippen molar-refractivity contribution >= 4 is 17.7 Å². The highest BCUT2D eigenvalue weighted by Crippen LogP contribution is 2.21. The number of rotatable bonds is 8. The molecule has 2 aliphatic heterocycles. The molecule has 3 amide bonds. The summed E-state index contributed by atoms with van der Waals surface area (Å²) in [6.07, 6.45) is 3.43. The fourth-order valence-electron chi connectivity index (χ4n) is 3.65. The van der Waals surface area contributed by atoms with Crippen molar-refractivity contribution in [3.05, 3.63) is 12.2 Å². The average molecular weight is 349 g/mol. The Bertz CT molecular complexity index is 532. The first-order chi connectivity index (χ1) is 11.9. The van der Waals surface area contributed by atoms with Gasteiger partial charge in [0.25, 0.3) is 0 Å². The van der Waals surface area contributed by atoms with Gasteiger partial charge in [-0.2, -0.15) is 0 Å². The molecule has 0 spiro atoms. The Morgan fingerprint density at radius 3 is 2.48 bits per heavy atom. The molecular formula is C19H31N3O3. The number of carbonyl (C=O) groups is 3. The third-order valence-corrected chi connectivity index (χ3v) is 5.03. The second-order valence-electron chi connectivity index (χ2n) is 7.22. The molecule has 2 aliphatic rings. The van der Waals surface area contributed by atoms with Crippen LogP contribution in [0.5, 0.6) is 0 Å². The summed E-state index contributed by atoms with van der Waals surface area (Å²) in [5, 5.41) is 0. The van der Waals surface area contributed by atoms with Gasteiger partial charge in [0.15, 0.2) is 0 Å². The topological polar surface area (TPSA) is 60.9 Å². The maximum absolute atomic E-state index is 12.7. The summed E-state index contributed by atoms with van der Waals surface area (Å²) in [5.74, 6) is 0.347. The molecule has 0 aromatic heterocycles. The number of likely N-dealkylation sites (N-methyl/N-ethyl adjacent to an activating group) is 1. The molecule has 0 saturated carbocycles. The Labute approximate surface area is 150 Å². The van der Waals surface area contributed by atoms with Crippen LogP contribution in [0, 0.1) is 5.92 Å². The zero-order valence-corrected chi connectivity index (χ0v) is 15.6. The molecule has 140 valence electrons. The van der Waals surface area contributed by atoms with Gasteiger partial charge in [-0.25, -0.2) is 0 Å². The van der Waals surface area contributed by atoms with E-state index < -0.39 is 0 Å². The molecule has 1 atom stereocenters. The second kappa shape index (κ2) is 9.02. The van der Waals surface area contributed by atoms with Gasteiger partial charge in [-0.05, 0) is 33.1 Å². The zero-order valence-electron chi connectivity index (χ0n) is 15.6. The summed E-state index contributed by atoms with van der Waals surface area (Å²) in [5.41, 5.74) is 0.967. The molecule has 0 aromatic rings. The smallest absolute Gasteiger partial charge is 0.227 e. The molecule has 0 N–H and O–H groups in total. The van der Waals surface area contributed by atoms with E-state index in [1.807, 2.05) is 23.6 Å². The van der Waals surface area contributed by atoms with Gasteiger partial charge in [0.1, 0.15) is 0 Å². The monoisotopic (exact) mass is 349 g/mol. The highest BCUT2D eigenvalue weighted by Gasteiger charge is 2.32. The van der Waals surface area contributed by atoms with E-state index in [0.717, 1.165) is 25.0 Å². The summed E-state index contributed by atoms with van der Waals surface area (Å²) >= 11 is 0. The number of amides is 3. The Hall–Kier alpha value is -1.85. The Kier molecular flexibility index (Phi) is 7.02. The van der Waals surface area contributed by atoms with Gasteiger partial charge in [0, 0.05) is 52.1 Å². The lowest BCUT2D eigenvalue weighted by molar-refractivity contribution is -0.142. The van der Waals surface area contributed by atoms with Crippen LogP contribution in [0.4, 0.5) is 0 Å². The van der Waals surface area contributed by atoms with Crippen LogP contribution in [0.1, 0.15) is 46.0 Å².